The fourth-order valence-corrected chi connectivity index (χ4v) is 1.13. The van der Waals surface area contributed by atoms with Crippen molar-refractivity contribution in [3.63, 3.8) is 0 Å². The smallest absolute Gasteiger partial charge is 0.121 e. The molecule has 3 heteroatoms. The molecule has 1 aromatic rings. The molecular weight excluding hydrogens is 176 g/mol. The van der Waals surface area contributed by atoms with E-state index < -0.39 is 0 Å². The number of nitrogens with one attached hydrogen (secondary N) is 1. The largest absolute Gasteiger partial charge is 0.494 e. The molecule has 0 unspecified atom stereocenters. The van der Waals surface area contributed by atoms with Gasteiger partial charge in [-0.05, 0) is 19.1 Å². The number of benzene rings is 1. The van der Waals surface area contributed by atoms with Gasteiger partial charge < -0.3 is 10.1 Å². The molecule has 0 bridgehead atoms. The van der Waals surface area contributed by atoms with Gasteiger partial charge in [0.25, 0.3) is 0 Å². The molecule has 3 nitrogen and oxygen atoms in total. The van der Waals surface area contributed by atoms with Crippen LogP contribution in [-0.4, -0.2) is 13.2 Å². The van der Waals surface area contributed by atoms with E-state index in [-0.39, 0.29) is 0 Å². The molecule has 0 aromatic heterocycles. The SMILES string of the molecule is CCOc1cccc(NCCC#N)c1. The third-order valence-corrected chi connectivity index (χ3v) is 1.71. The molecule has 1 rings (SSSR count). The van der Waals surface area contributed by atoms with E-state index in [2.05, 4.69) is 11.4 Å². The van der Waals surface area contributed by atoms with E-state index in [1.807, 2.05) is 31.2 Å². The van der Waals surface area contributed by atoms with Crippen molar-refractivity contribution in [2.45, 2.75) is 13.3 Å². The van der Waals surface area contributed by atoms with Crippen LogP contribution in [0.25, 0.3) is 0 Å². The standard InChI is InChI=1S/C11H14N2O/c1-2-14-11-6-3-5-10(9-11)13-8-4-7-12/h3,5-6,9,13H,2,4,8H2,1H3. The maximum atomic E-state index is 8.37. The van der Waals surface area contributed by atoms with Crippen LogP contribution in [-0.2, 0) is 0 Å². The Hall–Kier alpha value is -1.69. The van der Waals surface area contributed by atoms with E-state index >= 15 is 0 Å². The Morgan fingerprint density at radius 1 is 1.50 bits per heavy atom. The van der Waals surface area contributed by atoms with E-state index in [0.717, 1.165) is 11.4 Å². The van der Waals surface area contributed by atoms with Crippen LogP contribution in [0.2, 0.25) is 0 Å². The van der Waals surface area contributed by atoms with Gasteiger partial charge in [0.05, 0.1) is 19.1 Å². The lowest BCUT2D eigenvalue weighted by atomic mass is 10.3. The predicted molar refractivity (Wildman–Crippen MR) is 56.3 cm³/mol. The molecule has 0 heterocycles. The molecule has 0 saturated heterocycles. The fraction of sp³-hybridized carbons (Fsp3) is 0.364. The topological polar surface area (TPSA) is 45.0 Å². The van der Waals surface area contributed by atoms with E-state index in [9.17, 15) is 0 Å². The summed E-state index contributed by atoms with van der Waals surface area (Å²) in [6.07, 6.45) is 0.513. The van der Waals surface area contributed by atoms with Crippen molar-refractivity contribution in [3.05, 3.63) is 24.3 Å². The normalized spacial score (nSPS) is 9.14. The van der Waals surface area contributed by atoms with Crippen molar-refractivity contribution in [1.29, 1.82) is 5.26 Å². The van der Waals surface area contributed by atoms with Gasteiger partial charge in [0.1, 0.15) is 5.75 Å². The summed E-state index contributed by atoms with van der Waals surface area (Å²) in [6.45, 7) is 3.30. The highest BCUT2D eigenvalue weighted by molar-refractivity contribution is 5.48. The summed E-state index contributed by atoms with van der Waals surface area (Å²) in [5.74, 6) is 0.856. The van der Waals surface area contributed by atoms with Gasteiger partial charge in [-0.2, -0.15) is 5.26 Å². The summed E-state index contributed by atoms with van der Waals surface area (Å²) in [5.41, 5.74) is 0.992. The predicted octanol–water partition coefficient (Wildman–Crippen LogP) is 2.41. The molecule has 0 aliphatic carbocycles. The molecule has 0 aliphatic rings. The first-order chi connectivity index (χ1) is 6.86. The number of nitrogens with zero attached hydrogens (tertiary/aromatic N) is 1. The van der Waals surface area contributed by atoms with Gasteiger partial charge in [0, 0.05) is 18.3 Å². The van der Waals surface area contributed by atoms with Crippen LogP contribution in [0.1, 0.15) is 13.3 Å². The molecule has 0 amide bonds. The molecule has 0 radical (unpaired) electrons. The Morgan fingerprint density at radius 2 is 2.36 bits per heavy atom. The fourth-order valence-electron chi connectivity index (χ4n) is 1.13. The molecule has 1 aromatic carbocycles. The second-order valence-electron chi connectivity index (χ2n) is 2.80. The highest BCUT2D eigenvalue weighted by atomic mass is 16.5. The monoisotopic (exact) mass is 190 g/mol. The van der Waals surface area contributed by atoms with E-state index in [1.165, 1.54) is 0 Å². The highest BCUT2D eigenvalue weighted by Gasteiger charge is 1.94. The second-order valence-corrected chi connectivity index (χ2v) is 2.80. The molecule has 0 saturated carbocycles. The van der Waals surface area contributed by atoms with E-state index in [0.29, 0.717) is 19.6 Å². The third kappa shape index (κ3) is 3.36. The van der Waals surface area contributed by atoms with Crippen molar-refractivity contribution in [2.75, 3.05) is 18.5 Å². The van der Waals surface area contributed by atoms with Crippen LogP contribution in [0.5, 0.6) is 5.75 Å². The Kier molecular flexibility index (Phi) is 4.36. The van der Waals surface area contributed by atoms with Crippen LogP contribution >= 0.6 is 0 Å². The highest BCUT2D eigenvalue weighted by Crippen LogP contribution is 2.16. The van der Waals surface area contributed by atoms with Gasteiger partial charge in [0.15, 0.2) is 0 Å². The van der Waals surface area contributed by atoms with Crippen molar-refractivity contribution >= 4 is 5.69 Å². The Morgan fingerprint density at radius 3 is 3.07 bits per heavy atom. The summed E-state index contributed by atoms with van der Waals surface area (Å²) >= 11 is 0. The average molecular weight is 190 g/mol. The average Bonchev–Trinajstić information content (AvgIpc) is 2.19. The van der Waals surface area contributed by atoms with Crippen LogP contribution in [0, 0.1) is 11.3 Å². The van der Waals surface area contributed by atoms with Gasteiger partial charge in [-0.1, -0.05) is 6.07 Å². The Labute approximate surface area is 84.3 Å². The summed E-state index contributed by atoms with van der Waals surface area (Å²) in [5, 5.41) is 11.5. The zero-order chi connectivity index (χ0) is 10.2. The zero-order valence-electron chi connectivity index (χ0n) is 8.29. The second kappa shape index (κ2) is 5.87. The summed E-state index contributed by atoms with van der Waals surface area (Å²) < 4.78 is 5.35. The first kappa shape index (κ1) is 10.4. The van der Waals surface area contributed by atoms with Gasteiger partial charge in [-0.3, -0.25) is 0 Å². The zero-order valence-corrected chi connectivity index (χ0v) is 8.29. The third-order valence-electron chi connectivity index (χ3n) is 1.71. The number of hydrogen-bond donors (Lipinski definition) is 1. The maximum absolute atomic E-state index is 8.37. The van der Waals surface area contributed by atoms with Crippen LogP contribution < -0.4 is 10.1 Å². The molecule has 74 valence electrons. The number of ether oxygens (including phenoxy) is 1. The lowest BCUT2D eigenvalue weighted by Crippen LogP contribution is -2.00. The minimum atomic E-state index is 0.513. The molecule has 0 spiro atoms. The number of hydrogen-bond acceptors (Lipinski definition) is 3. The molecule has 0 fully saturated rings. The van der Waals surface area contributed by atoms with E-state index in [1.54, 1.807) is 0 Å². The van der Waals surface area contributed by atoms with Gasteiger partial charge >= 0.3 is 0 Å². The first-order valence-electron chi connectivity index (χ1n) is 4.70. The molecule has 14 heavy (non-hydrogen) atoms. The minimum absolute atomic E-state index is 0.513. The molecule has 0 atom stereocenters. The van der Waals surface area contributed by atoms with Crippen molar-refractivity contribution < 1.29 is 4.74 Å². The molecule has 1 N–H and O–H groups in total. The Balaban J connectivity index is 2.51. The number of nitriles is 1. The summed E-state index contributed by atoms with van der Waals surface area (Å²) in [4.78, 5) is 0. The van der Waals surface area contributed by atoms with Crippen LogP contribution in [0.15, 0.2) is 24.3 Å². The summed E-state index contributed by atoms with van der Waals surface area (Å²) in [7, 11) is 0. The maximum Gasteiger partial charge on any atom is 0.121 e. The van der Waals surface area contributed by atoms with Gasteiger partial charge in [-0.25, -0.2) is 0 Å². The van der Waals surface area contributed by atoms with Gasteiger partial charge in [0.2, 0.25) is 0 Å². The molecule has 0 aliphatic heterocycles. The number of rotatable bonds is 5. The lowest BCUT2D eigenvalue weighted by Gasteiger charge is -2.06. The molecular formula is C11H14N2O. The van der Waals surface area contributed by atoms with Crippen molar-refractivity contribution in [3.8, 4) is 11.8 Å². The van der Waals surface area contributed by atoms with Gasteiger partial charge in [-0.15, -0.1) is 0 Å². The number of anilines is 1. The quantitative estimate of drug-likeness (QED) is 0.725. The van der Waals surface area contributed by atoms with Crippen LogP contribution in [0.3, 0.4) is 0 Å². The minimum Gasteiger partial charge on any atom is -0.494 e. The van der Waals surface area contributed by atoms with Crippen molar-refractivity contribution in [1.82, 2.24) is 0 Å². The summed E-state index contributed by atoms with van der Waals surface area (Å²) in [6, 6.07) is 9.82. The van der Waals surface area contributed by atoms with Crippen molar-refractivity contribution in [2.24, 2.45) is 0 Å². The van der Waals surface area contributed by atoms with E-state index in [4.69, 9.17) is 10.00 Å². The Bertz CT molecular complexity index is 317. The van der Waals surface area contributed by atoms with Crippen LogP contribution in [0.4, 0.5) is 5.69 Å². The lowest BCUT2D eigenvalue weighted by molar-refractivity contribution is 0.340. The first-order valence-corrected chi connectivity index (χ1v) is 4.70.